The molecule has 2 heterocycles. The van der Waals surface area contributed by atoms with E-state index in [2.05, 4.69) is 10.4 Å². The molecular formula is C10H12N6O5. The number of hydrogen-bond acceptors (Lipinski definition) is 6. The summed E-state index contributed by atoms with van der Waals surface area (Å²) < 4.78 is 0. The lowest BCUT2D eigenvalue weighted by Crippen LogP contribution is -2.49. The zero-order chi connectivity index (χ0) is 15.6. The molecule has 0 aromatic carbocycles. The van der Waals surface area contributed by atoms with Gasteiger partial charge in [-0.25, -0.2) is 25.3 Å². The first-order valence-corrected chi connectivity index (χ1v) is 5.76. The molecule has 11 heteroatoms. The van der Waals surface area contributed by atoms with Gasteiger partial charge < -0.3 is 10.1 Å². The Kier molecular flexibility index (Phi) is 3.75. The fraction of sp³-hybridized carbons (Fsp3) is 0.200. The first-order valence-electron chi connectivity index (χ1n) is 5.76. The van der Waals surface area contributed by atoms with Gasteiger partial charge in [0.2, 0.25) is 5.43 Å². The normalized spacial score (nSPS) is 14.2. The fourth-order valence-electron chi connectivity index (χ4n) is 1.68. The Hall–Kier alpha value is -3.08. The molecule has 0 atom stereocenters. The molecule has 1 aromatic heterocycles. The monoisotopic (exact) mass is 296 g/mol. The molecule has 11 nitrogen and oxygen atoms in total. The summed E-state index contributed by atoms with van der Waals surface area (Å²) in [6, 6.07) is -0.669. The summed E-state index contributed by atoms with van der Waals surface area (Å²) in [5.74, 6) is 3.62. The van der Waals surface area contributed by atoms with E-state index in [1.807, 2.05) is 5.43 Å². The molecular weight excluding hydrogens is 284 g/mol. The van der Waals surface area contributed by atoms with Crippen molar-refractivity contribution >= 4 is 18.0 Å². The van der Waals surface area contributed by atoms with E-state index in [-0.39, 0.29) is 18.8 Å². The molecule has 0 spiro atoms. The van der Waals surface area contributed by atoms with Crippen molar-refractivity contribution in [2.24, 2.45) is 5.84 Å². The Labute approximate surface area is 117 Å². The van der Waals surface area contributed by atoms with Crippen molar-refractivity contribution in [1.82, 2.24) is 25.7 Å². The van der Waals surface area contributed by atoms with Gasteiger partial charge in [0, 0.05) is 12.3 Å². The Morgan fingerprint density at radius 1 is 1.33 bits per heavy atom. The smallest absolute Gasteiger partial charge is 0.347 e. The number of H-pyrrole nitrogens is 1. The molecule has 1 saturated heterocycles. The van der Waals surface area contributed by atoms with Crippen LogP contribution in [0.4, 0.5) is 9.59 Å². The molecule has 0 saturated carbocycles. The van der Waals surface area contributed by atoms with Crippen molar-refractivity contribution in [2.75, 3.05) is 13.1 Å². The third kappa shape index (κ3) is 2.76. The van der Waals surface area contributed by atoms with Crippen molar-refractivity contribution in [3.63, 3.8) is 0 Å². The molecule has 112 valence electrons. The maximum Gasteiger partial charge on any atom is 0.347 e. The van der Waals surface area contributed by atoms with E-state index in [4.69, 9.17) is 10.9 Å². The molecule has 2 rings (SSSR count). The van der Waals surface area contributed by atoms with E-state index in [1.165, 1.54) is 0 Å². The number of rotatable bonds is 2. The number of imide groups is 1. The minimum Gasteiger partial charge on any atom is -0.503 e. The lowest BCUT2D eigenvalue weighted by atomic mass is 10.3. The molecule has 1 aliphatic heterocycles. The van der Waals surface area contributed by atoms with Crippen molar-refractivity contribution in [3.8, 4) is 5.75 Å². The predicted molar refractivity (Wildman–Crippen MR) is 67.7 cm³/mol. The van der Waals surface area contributed by atoms with Crippen molar-refractivity contribution < 1.29 is 19.5 Å². The summed E-state index contributed by atoms with van der Waals surface area (Å²) in [6.45, 7) is 0.120. The second-order valence-electron chi connectivity index (χ2n) is 4.07. The topological polar surface area (TPSA) is 161 Å². The lowest BCUT2D eigenvalue weighted by molar-refractivity contribution is 0.0841. The van der Waals surface area contributed by atoms with Crippen molar-refractivity contribution in [3.05, 3.63) is 28.2 Å². The number of nitrogens with zero attached hydrogens (tertiary/aromatic N) is 2. The highest BCUT2D eigenvalue weighted by molar-refractivity contribution is 5.97. The third-order valence-electron chi connectivity index (χ3n) is 2.75. The average molecular weight is 296 g/mol. The van der Waals surface area contributed by atoms with Crippen LogP contribution in [-0.4, -0.2) is 51.1 Å². The molecule has 5 amide bonds. The van der Waals surface area contributed by atoms with Gasteiger partial charge in [0.15, 0.2) is 5.75 Å². The van der Waals surface area contributed by atoms with E-state index in [9.17, 15) is 19.2 Å². The van der Waals surface area contributed by atoms with Crippen LogP contribution in [0.1, 0.15) is 10.5 Å². The standard InChI is InChI=1S/C10H12N6O5/c11-13-9(20)15-1-2-16(10(15)21)14-8(19)5-3-6(17)7(18)4-12-5/h3-4,18H,1-2,11H2,(H,12,17)(H,13,20)(H,14,19). The van der Waals surface area contributed by atoms with Crippen LogP contribution >= 0.6 is 0 Å². The molecule has 0 radical (unpaired) electrons. The third-order valence-corrected chi connectivity index (χ3v) is 2.75. The Bertz CT molecular complexity index is 656. The number of nitrogens with two attached hydrogens (primary N) is 1. The number of hydrazine groups is 2. The number of amides is 5. The highest BCUT2D eigenvalue weighted by Crippen LogP contribution is 2.07. The van der Waals surface area contributed by atoms with Gasteiger partial charge in [0.25, 0.3) is 5.91 Å². The molecule has 0 unspecified atom stereocenters. The summed E-state index contributed by atoms with van der Waals surface area (Å²) in [7, 11) is 0. The minimum atomic E-state index is -0.796. The molecule has 1 fully saturated rings. The van der Waals surface area contributed by atoms with Crippen LogP contribution < -0.4 is 22.1 Å². The molecule has 0 aliphatic carbocycles. The maximum atomic E-state index is 11.9. The maximum absolute atomic E-state index is 11.9. The zero-order valence-corrected chi connectivity index (χ0v) is 10.6. The van der Waals surface area contributed by atoms with Gasteiger partial charge in [-0.1, -0.05) is 0 Å². The number of hydrogen-bond donors (Lipinski definition) is 5. The van der Waals surface area contributed by atoms with Crippen LogP contribution in [-0.2, 0) is 0 Å². The van der Waals surface area contributed by atoms with Gasteiger partial charge in [-0.15, -0.1) is 0 Å². The second kappa shape index (κ2) is 5.50. The van der Waals surface area contributed by atoms with Gasteiger partial charge in [-0.3, -0.25) is 20.4 Å². The van der Waals surface area contributed by atoms with Crippen LogP contribution in [0, 0.1) is 0 Å². The number of aromatic hydroxyl groups is 1. The van der Waals surface area contributed by atoms with Gasteiger partial charge in [0.1, 0.15) is 5.69 Å². The van der Waals surface area contributed by atoms with Crippen LogP contribution in [0.3, 0.4) is 0 Å². The number of urea groups is 2. The summed E-state index contributed by atoms with van der Waals surface area (Å²) in [4.78, 5) is 49.3. The molecule has 0 bridgehead atoms. The minimum absolute atomic E-state index is 0.0498. The first kappa shape index (κ1) is 14.3. The zero-order valence-electron chi connectivity index (χ0n) is 10.6. The Morgan fingerprint density at radius 3 is 2.67 bits per heavy atom. The largest absolute Gasteiger partial charge is 0.503 e. The molecule has 21 heavy (non-hydrogen) atoms. The van der Waals surface area contributed by atoms with E-state index in [1.54, 1.807) is 0 Å². The van der Waals surface area contributed by atoms with Gasteiger partial charge in [-0.2, -0.15) is 0 Å². The van der Waals surface area contributed by atoms with E-state index >= 15 is 0 Å². The quantitative estimate of drug-likeness (QED) is 0.242. The van der Waals surface area contributed by atoms with E-state index in [0.717, 1.165) is 22.2 Å². The van der Waals surface area contributed by atoms with Crippen molar-refractivity contribution in [1.29, 1.82) is 0 Å². The SMILES string of the molecule is NNC(=O)N1CCN(NC(=O)c2cc(=O)c(O)c[nH]2)C1=O. The van der Waals surface area contributed by atoms with Gasteiger partial charge in [0.05, 0.1) is 13.1 Å². The highest BCUT2D eigenvalue weighted by atomic mass is 16.3. The number of carbonyl (C=O) groups is 3. The molecule has 6 N–H and O–H groups in total. The number of pyridine rings is 1. The summed E-state index contributed by atoms with van der Waals surface area (Å²) in [5.41, 5.74) is 3.15. The van der Waals surface area contributed by atoms with Crippen LogP contribution in [0.2, 0.25) is 0 Å². The second-order valence-corrected chi connectivity index (χ2v) is 4.07. The Balaban J connectivity index is 2.07. The summed E-state index contributed by atoms with van der Waals surface area (Å²) >= 11 is 0. The van der Waals surface area contributed by atoms with E-state index < -0.39 is 29.1 Å². The summed E-state index contributed by atoms with van der Waals surface area (Å²) in [5, 5.41) is 9.98. The van der Waals surface area contributed by atoms with Crippen LogP contribution in [0.15, 0.2) is 17.1 Å². The van der Waals surface area contributed by atoms with Gasteiger partial charge in [-0.05, 0) is 0 Å². The lowest BCUT2D eigenvalue weighted by Gasteiger charge is -2.17. The van der Waals surface area contributed by atoms with E-state index in [0.29, 0.717) is 0 Å². The fourth-order valence-corrected chi connectivity index (χ4v) is 1.68. The predicted octanol–water partition coefficient (Wildman–Crippen LogP) is -1.95. The Morgan fingerprint density at radius 2 is 2.05 bits per heavy atom. The first-order chi connectivity index (χ1) is 9.93. The van der Waals surface area contributed by atoms with Crippen LogP contribution in [0.25, 0.3) is 0 Å². The molecule has 1 aliphatic rings. The van der Waals surface area contributed by atoms with Crippen molar-refractivity contribution in [2.45, 2.75) is 0 Å². The number of aromatic nitrogens is 1. The highest BCUT2D eigenvalue weighted by Gasteiger charge is 2.34. The van der Waals surface area contributed by atoms with Gasteiger partial charge >= 0.3 is 12.1 Å². The average Bonchev–Trinajstić information content (AvgIpc) is 2.82. The number of nitrogens with one attached hydrogen (secondary N) is 3. The number of aromatic amines is 1. The molecule has 1 aromatic rings. The van der Waals surface area contributed by atoms with Crippen LogP contribution in [0.5, 0.6) is 5.75 Å². The summed E-state index contributed by atoms with van der Waals surface area (Å²) in [6.07, 6.45) is 0.956. The number of carbonyl (C=O) groups excluding carboxylic acids is 3.